The molecule has 2 heterocycles. The minimum absolute atomic E-state index is 0.432. The van der Waals surface area contributed by atoms with Crippen molar-refractivity contribution >= 4 is 34.0 Å². The van der Waals surface area contributed by atoms with Crippen LogP contribution in [0.1, 0.15) is 11.5 Å². The molecule has 4 aromatic carbocycles. The Hall–Kier alpha value is -4.78. The van der Waals surface area contributed by atoms with Crippen molar-refractivity contribution in [2.45, 2.75) is 0 Å². The Bertz CT molecular complexity index is 1630. The van der Waals surface area contributed by atoms with Gasteiger partial charge in [0.05, 0.1) is 12.8 Å². The van der Waals surface area contributed by atoms with Gasteiger partial charge in [0.15, 0.2) is 0 Å². The van der Waals surface area contributed by atoms with E-state index in [9.17, 15) is 0 Å². The zero-order valence-electron chi connectivity index (χ0n) is 18.3. The molecule has 7 heteroatoms. The molecule has 0 aliphatic rings. The molecule has 0 spiro atoms. The molecule has 0 radical (unpaired) electrons. The molecule has 0 unspecified atom stereocenters. The largest absolute Gasteiger partial charge is 0.497 e. The summed E-state index contributed by atoms with van der Waals surface area (Å²) in [5, 5.41) is 19.8. The van der Waals surface area contributed by atoms with E-state index in [2.05, 4.69) is 33.5 Å². The summed E-state index contributed by atoms with van der Waals surface area (Å²) in [5.41, 5.74) is 4.48. The normalized spacial score (nSPS) is 11.6. The smallest absolute Gasteiger partial charge is 0.248 e. The van der Waals surface area contributed by atoms with E-state index in [1.54, 1.807) is 18.0 Å². The average Bonchev–Trinajstić information content (AvgIpc) is 3.55. The van der Waals surface area contributed by atoms with Crippen LogP contribution in [0.5, 0.6) is 5.75 Å². The fraction of sp³-hybridized carbons (Fsp3) is 0.0370. The van der Waals surface area contributed by atoms with Crippen molar-refractivity contribution in [1.82, 2.24) is 25.2 Å². The quantitative estimate of drug-likeness (QED) is 0.334. The number of nitrogens with zero attached hydrogens (tertiary/aromatic N) is 5. The van der Waals surface area contributed by atoms with Gasteiger partial charge in [-0.15, -0.1) is 20.4 Å². The van der Waals surface area contributed by atoms with Gasteiger partial charge in [-0.05, 0) is 59.5 Å². The summed E-state index contributed by atoms with van der Waals surface area (Å²) in [6.45, 7) is 0. The molecule has 0 aliphatic carbocycles. The van der Waals surface area contributed by atoms with Crippen LogP contribution in [0.4, 0.5) is 0 Å². The fourth-order valence-corrected chi connectivity index (χ4v) is 3.80. The van der Waals surface area contributed by atoms with Gasteiger partial charge in [-0.25, -0.2) is 0 Å². The lowest BCUT2D eigenvalue weighted by Gasteiger charge is -2.00. The second-order valence-electron chi connectivity index (χ2n) is 7.74. The van der Waals surface area contributed by atoms with E-state index < -0.39 is 0 Å². The van der Waals surface area contributed by atoms with Gasteiger partial charge >= 0.3 is 0 Å². The van der Waals surface area contributed by atoms with Crippen LogP contribution in [0.25, 0.3) is 51.1 Å². The maximum Gasteiger partial charge on any atom is 0.248 e. The molecule has 0 N–H and O–H groups in total. The second kappa shape index (κ2) is 8.29. The lowest BCUT2D eigenvalue weighted by molar-refractivity contribution is 0.415. The minimum Gasteiger partial charge on any atom is -0.497 e. The van der Waals surface area contributed by atoms with Crippen molar-refractivity contribution < 1.29 is 9.15 Å². The number of hydrogen-bond acceptors (Lipinski definition) is 6. The highest BCUT2D eigenvalue weighted by molar-refractivity contribution is 6.03. The van der Waals surface area contributed by atoms with Crippen LogP contribution in [-0.2, 0) is 0 Å². The molecule has 6 aromatic rings. The Morgan fingerprint density at radius 2 is 1.62 bits per heavy atom. The molecule has 0 amide bonds. The lowest BCUT2D eigenvalue weighted by Crippen LogP contribution is -1.97. The molecule has 2 aromatic heterocycles. The summed E-state index contributed by atoms with van der Waals surface area (Å²) < 4.78 is 10.9. The lowest BCUT2D eigenvalue weighted by atomic mass is 10.1. The van der Waals surface area contributed by atoms with Crippen molar-refractivity contribution in [3.63, 3.8) is 0 Å². The second-order valence-corrected chi connectivity index (χ2v) is 7.74. The first-order valence-corrected chi connectivity index (χ1v) is 10.8. The topological polar surface area (TPSA) is 78.9 Å². The average molecular weight is 445 g/mol. The monoisotopic (exact) mass is 445 g/mol. The maximum atomic E-state index is 5.75. The van der Waals surface area contributed by atoms with Crippen molar-refractivity contribution in [3.8, 4) is 22.9 Å². The van der Waals surface area contributed by atoms with E-state index in [-0.39, 0.29) is 0 Å². The van der Waals surface area contributed by atoms with Crippen LogP contribution >= 0.6 is 0 Å². The van der Waals surface area contributed by atoms with Gasteiger partial charge in [0.1, 0.15) is 16.8 Å². The summed E-state index contributed by atoms with van der Waals surface area (Å²) >= 11 is 0. The summed E-state index contributed by atoms with van der Waals surface area (Å²) in [6, 6.07) is 27.7. The molecule has 34 heavy (non-hydrogen) atoms. The van der Waals surface area contributed by atoms with Gasteiger partial charge in [-0.2, -0.15) is 4.80 Å². The van der Waals surface area contributed by atoms with Crippen LogP contribution in [-0.4, -0.2) is 32.3 Å². The SMILES string of the molecule is COc1ccc(-c2nnc(/C=C/c3ccc(-n4nc5ccc6ccccc6c5n4)cc3)o2)cc1. The first-order valence-electron chi connectivity index (χ1n) is 10.8. The molecule has 0 saturated heterocycles. The molecule has 0 saturated carbocycles. The summed E-state index contributed by atoms with van der Waals surface area (Å²) in [6.07, 6.45) is 3.72. The number of fused-ring (bicyclic) bond motifs is 3. The van der Waals surface area contributed by atoms with E-state index in [4.69, 9.17) is 14.3 Å². The van der Waals surface area contributed by atoms with Gasteiger partial charge < -0.3 is 9.15 Å². The van der Waals surface area contributed by atoms with Gasteiger partial charge in [0, 0.05) is 17.0 Å². The van der Waals surface area contributed by atoms with E-state index in [1.165, 1.54) is 0 Å². The third-order valence-electron chi connectivity index (χ3n) is 5.60. The van der Waals surface area contributed by atoms with E-state index in [0.717, 1.165) is 44.4 Å². The van der Waals surface area contributed by atoms with Crippen LogP contribution in [0.3, 0.4) is 0 Å². The first-order chi connectivity index (χ1) is 16.8. The molecule has 0 bridgehead atoms. The van der Waals surface area contributed by atoms with E-state index >= 15 is 0 Å². The Labute approximate surface area is 194 Å². The first kappa shape index (κ1) is 19.9. The number of benzene rings is 4. The van der Waals surface area contributed by atoms with Gasteiger partial charge in [-0.3, -0.25) is 0 Å². The Morgan fingerprint density at radius 3 is 2.44 bits per heavy atom. The standard InChI is InChI=1S/C27H19N5O2/c1-33-22-14-9-20(10-15-22)27-29-28-25(34-27)17-8-18-6-12-21(13-7-18)32-30-24-16-11-19-4-2-3-5-23(19)26(24)31-32/h2-17H,1H3/b17-8+. The van der Waals surface area contributed by atoms with E-state index in [1.807, 2.05) is 72.8 Å². The highest BCUT2D eigenvalue weighted by Gasteiger charge is 2.09. The maximum absolute atomic E-state index is 5.75. The van der Waals surface area contributed by atoms with Crippen LogP contribution in [0, 0.1) is 0 Å². The van der Waals surface area contributed by atoms with E-state index in [0.29, 0.717) is 11.8 Å². The molecule has 164 valence electrons. The number of aromatic nitrogens is 5. The number of ether oxygens (including phenoxy) is 1. The Balaban J connectivity index is 1.21. The summed E-state index contributed by atoms with van der Waals surface area (Å²) in [4.78, 5) is 1.67. The Morgan fingerprint density at radius 1 is 0.794 bits per heavy atom. The third-order valence-corrected chi connectivity index (χ3v) is 5.60. The molecular formula is C27H19N5O2. The molecule has 0 fully saturated rings. The number of hydrogen-bond donors (Lipinski definition) is 0. The van der Waals surface area contributed by atoms with Crippen molar-refractivity contribution in [1.29, 1.82) is 0 Å². The fourth-order valence-electron chi connectivity index (χ4n) is 3.80. The molecule has 0 atom stereocenters. The Kier molecular flexibility index (Phi) is 4.85. The van der Waals surface area contributed by atoms with Crippen LogP contribution < -0.4 is 4.74 Å². The number of methoxy groups -OCH3 is 1. The van der Waals surface area contributed by atoms with Crippen LogP contribution in [0.2, 0.25) is 0 Å². The van der Waals surface area contributed by atoms with Crippen molar-refractivity contribution in [3.05, 3.63) is 96.4 Å². The summed E-state index contributed by atoms with van der Waals surface area (Å²) in [7, 11) is 1.63. The van der Waals surface area contributed by atoms with Gasteiger partial charge in [0.25, 0.3) is 0 Å². The highest BCUT2D eigenvalue weighted by atomic mass is 16.5. The summed E-state index contributed by atoms with van der Waals surface area (Å²) in [5.74, 6) is 1.67. The van der Waals surface area contributed by atoms with Crippen LogP contribution in [0.15, 0.2) is 89.3 Å². The highest BCUT2D eigenvalue weighted by Crippen LogP contribution is 2.24. The van der Waals surface area contributed by atoms with Gasteiger partial charge in [0.2, 0.25) is 11.8 Å². The number of rotatable bonds is 5. The minimum atomic E-state index is 0.432. The van der Waals surface area contributed by atoms with Crippen molar-refractivity contribution in [2.24, 2.45) is 0 Å². The molecule has 0 aliphatic heterocycles. The molecule has 6 rings (SSSR count). The zero-order valence-corrected chi connectivity index (χ0v) is 18.3. The predicted molar refractivity (Wildman–Crippen MR) is 132 cm³/mol. The predicted octanol–water partition coefficient (Wildman–Crippen LogP) is 5.80. The zero-order chi connectivity index (χ0) is 22.9. The van der Waals surface area contributed by atoms with Crippen molar-refractivity contribution in [2.75, 3.05) is 7.11 Å². The molecular weight excluding hydrogens is 426 g/mol. The molecule has 7 nitrogen and oxygen atoms in total. The third kappa shape index (κ3) is 3.69. The van der Waals surface area contributed by atoms with Gasteiger partial charge in [-0.1, -0.05) is 42.5 Å².